The van der Waals surface area contributed by atoms with Crippen molar-refractivity contribution in [2.75, 3.05) is 19.6 Å². The summed E-state index contributed by atoms with van der Waals surface area (Å²) in [7, 11) is 0. The third-order valence-electron chi connectivity index (χ3n) is 6.58. The van der Waals surface area contributed by atoms with Crippen molar-refractivity contribution in [3.05, 3.63) is 30.1 Å². The van der Waals surface area contributed by atoms with Crippen LogP contribution in [0, 0.1) is 0 Å². The third-order valence-corrected chi connectivity index (χ3v) is 6.58. The molecule has 3 fully saturated rings. The molecule has 0 bridgehead atoms. The Morgan fingerprint density at radius 3 is 2.44 bits per heavy atom. The van der Waals surface area contributed by atoms with E-state index in [9.17, 15) is 4.79 Å². The largest absolute Gasteiger partial charge is 0.332 e. The number of pyridine rings is 1. The monoisotopic (exact) mass is 341 g/mol. The van der Waals surface area contributed by atoms with Gasteiger partial charge in [0.1, 0.15) is 5.54 Å². The van der Waals surface area contributed by atoms with Gasteiger partial charge in [-0.15, -0.1) is 0 Å². The molecule has 1 amide bonds. The highest BCUT2D eigenvalue weighted by Gasteiger charge is 2.49. The van der Waals surface area contributed by atoms with Crippen LogP contribution in [-0.2, 0) is 4.79 Å². The Labute approximate surface area is 151 Å². The first kappa shape index (κ1) is 17.0. The highest BCUT2D eigenvalue weighted by molar-refractivity contribution is 5.87. The van der Waals surface area contributed by atoms with E-state index >= 15 is 0 Å². The maximum Gasteiger partial charge on any atom is 0.243 e. The minimum atomic E-state index is -0.226. The third kappa shape index (κ3) is 3.21. The first-order chi connectivity index (χ1) is 12.3. The lowest BCUT2D eigenvalue weighted by Crippen LogP contribution is -2.61. The molecular formula is C21H31N3O. The fraction of sp³-hybridized carbons (Fsp3) is 0.714. The number of carbonyl (C=O) groups excluding carboxylic acids is 1. The molecule has 1 atom stereocenters. The lowest BCUT2D eigenvalue weighted by atomic mass is 9.78. The molecule has 1 aliphatic carbocycles. The quantitative estimate of drug-likeness (QED) is 0.836. The standard InChI is InChI=1S/C21H31N3O/c25-20(24-17-9-11-19(24)18-10-3-6-14-22-18)21(12-4-1-5-13-21)23-15-7-2-8-16-23/h3,6,10,14,19H,1-2,4-5,7-9,11-13,15-17H2/t19-/m0/s1. The van der Waals surface area contributed by atoms with Crippen molar-refractivity contribution < 1.29 is 4.79 Å². The summed E-state index contributed by atoms with van der Waals surface area (Å²) in [5.41, 5.74) is 0.841. The Bertz CT molecular complexity index is 576. The van der Waals surface area contributed by atoms with Crippen LogP contribution in [-0.4, -0.2) is 45.9 Å². The summed E-state index contributed by atoms with van der Waals surface area (Å²) >= 11 is 0. The maximum atomic E-state index is 13.9. The van der Waals surface area contributed by atoms with Crippen molar-refractivity contribution in [1.29, 1.82) is 0 Å². The Morgan fingerprint density at radius 1 is 0.960 bits per heavy atom. The number of rotatable bonds is 3. The van der Waals surface area contributed by atoms with Crippen molar-refractivity contribution in [3.8, 4) is 0 Å². The molecule has 0 N–H and O–H groups in total. The lowest BCUT2D eigenvalue weighted by molar-refractivity contribution is -0.149. The fourth-order valence-corrected chi connectivity index (χ4v) is 5.28. The van der Waals surface area contributed by atoms with Crippen LogP contribution in [0.15, 0.2) is 24.4 Å². The lowest BCUT2D eigenvalue weighted by Gasteiger charge is -2.49. The van der Waals surface area contributed by atoms with Crippen LogP contribution < -0.4 is 0 Å². The Morgan fingerprint density at radius 2 is 1.72 bits per heavy atom. The van der Waals surface area contributed by atoms with Gasteiger partial charge in [0.15, 0.2) is 0 Å². The average molecular weight is 341 g/mol. The van der Waals surface area contributed by atoms with Crippen LogP contribution in [0.4, 0.5) is 0 Å². The fourth-order valence-electron chi connectivity index (χ4n) is 5.28. The molecule has 0 radical (unpaired) electrons. The molecule has 4 nitrogen and oxygen atoms in total. The van der Waals surface area contributed by atoms with E-state index in [-0.39, 0.29) is 11.6 Å². The van der Waals surface area contributed by atoms with Gasteiger partial charge in [-0.1, -0.05) is 31.7 Å². The molecule has 25 heavy (non-hydrogen) atoms. The molecule has 3 heterocycles. The summed E-state index contributed by atoms with van der Waals surface area (Å²) < 4.78 is 0. The number of piperidine rings is 1. The van der Waals surface area contributed by atoms with Gasteiger partial charge in [-0.25, -0.2) is 0 Å². The molecule has 4 rings (SSSR count). The molecule has 1 saturated carbocycles. The van der Waals surface area contributed by atoms with Gasteiger partial charge >= 0.3 is 0 Å². The SMILES string of the molecule is O=C(N1CCC[C@H]1c1ccccn1)C1(N2CCCCC2)CCCCC1. The van der Waals surface area contributed by atoms with Crippen LogP contribution in [0.2, 0.25) is 0 Å². The molecule has 3 aliphatic rings. The minimum Gasteiger partial charge on any atom is -0.332 e. The highest BCUT2D eigenvalue weighted by Crippen LogP contribution is 2.41. The average Bonchev–Trinajstić information content (AvgIpc) is 3.19. The summed E-state index contributed by atoms with van der Waals surface area (Å²) in [5.74, 6) is 0.405. The number of hydrogen-bond acceptors (Lipinski definition) is 3. The van der Waals surface area contributed by atoms with Gasteiger partial charge in [0.2, 0.25) is 5.91 Å². The van der Waals surface area contributed by atoms with E-state index in [2.05, 4.69) is 20.9 Å². The zero-order valence-electron chi connectivity index (χ0n) is 15.3. The summed E-state index contributed by atoms with van der Waals surface area (Å²) in [5, 5.41) is 0. The van der Waals surface area contributed by atoms with Crippen molar-refractivity contribution >= 4 is 5.91 Å². The van der Waals surface area contributed by atoms with Crippen molar-refractivity contribution in [1.82, 2.24) is 14.8 Å². The van der Waals surface area contributed by atoms with Crippen LogP contribution in [0.3, 0.4) is 0 Å². The Hall–Kier alpha value is -1.42. The van der Waals surface area contributed by atoms with Gasteiger partial charge in [-0.3, -0.25) is 14.7 Å². The summed E-state index contributed by atoms with van der Waals surface area (Å²) in [6.45, 7) is 3.11. The van der Waals surface area contributed by atoms with Crippen molar-refractivity contribution in [2.24, 2.45) is 0 Å². The van der Waals surface area contributed by atoms with Gasteiger partial charge < -0.3 is 4.90 Å². The van der Waals surface area contributed by atoms with Crippen LogP contribution >= 0.6 is 0 Å². The maximum absolute atomic E-state index is 13.9. The Balaban J connectivity index is 1.61. The molecule has 0 spiro atoms. The van der Waals surface area contributed by atoms with E-state index < -0.39 is 0 Å². The summed E-state index contributed by atoms with van der Waals surface area (Å²) in [6, 6.07) is 6.27. The zero-order chi connectivity index (χ0) is 17.1. The number of aromatic nitrogens is 1. The highest BCUT2D eigenvalue weighted by atomic mass is 16.2. The molecule has 0 unspecified atom stereocenters. The van der Waals surface area contributed by atoms with Gasteiger partial charge in [0, 0.05) is 12.7 Å². The number of carbonyl (C=O) groups is 1. The number of nitrogens with zero attached hydrogens (tertiary/aromatic N) is 3. The van der Waals surface area contributed by atoms with E-state index in [0.717, 1.165) is 51.0 Å². The van der Waals surface area contributed by atoms with Crippen molar-refractivity contribution in [2.45, 2.75) is 75.8 Å². The summed E-state index contributed by atoms with van der Waals surface area (Å²) in [6.07, 6.45) is 13.6. The van der Waals surface area contributed by atoms with E-state index in [1.54, 1.807) is 0 Å². The van der Waals surface area contributed by atoms with E-state index in [1.165, 1.54) is 38.5 Å². The minimum absolute atomic E-state index is 0.178. The smallest absolute Gasteiger partial charge is 0.243 e. The van der Waals surface area contributed by atoms with Crippen LogP contribution in [0.5, 0.6) is 0 Å². The van der Waals surface area contributed by atoms with Crippen molar-refractivity contribution in [3.63, 3.8) is 0 Å². The second-order valence-electron chi connectivity index (χ2n) is 8.05. The topological polar surface area (TPSA) is 36.4 Å². The molecule has 136 valence electrons. The molecule has 0 aromatic carbocycles. The molecule has 4 heteroatoms. The second-order valence-corrected chi connectivity index (χ2v) is 8.05. The molecule has 1 aromatic heterocycles. The number of amides is 1. The zero-order valence-corrected chi connectivity index (χ0v) is 15.3. The normalized spacial score (nSPS) is 27.4. The van der Waals surface area contributed by atoms with E-state index in [1.807, 2.05) is 18.3 Å². The van der Waals surface area contributed by atoms with E-state index in [0.29, 0.717) is 5.91 Å². The van der Waals surface area contributed by atoms with Gasteiger partial charge in [-0.2, -0.15) is 0 Å². The molecular weight excluding hydrogens is 310 g/mol. The number of hydrogen-bond donors (Lipinski definition) is 0. The predicted octanol–water partition coefficient (Wildman–Crippen LogP) is 3.93. The van der Waals surface area contributed by atoms with Gasteiger partial charge in [0.05, 0.1) is 11.7 Å². The number of likely N-dealkylation sites (tertiary alicyclic amines) is 2. The molecule has 2 aliphatic heterocycles. The first-order valence-electron chi connectivity index (χ1n) is 10.3. The van der Waals surface area contributed by atoms with Gasteiger partial charge in [-0.05, 0) is 63.7 Å². The van der Waals surface area contributed by atoms with Gasteiger partial charge in [0.25, 0.3) is 0 Å². The summed E-state index contributed by atoms with van der Waals surface area (Å²) in [4.78, 5) is 23.2. The van der Waals surface area contributed by atoms with Crippen LogP contribution in [0.25, 0.3) is 0 Å². The second kappa shape index (κ2) is 7.45. The first-order valence-corrected chi connectivity index (χ1v) is 10.3. The molecule has 2 saturated heterocycles. The van der Waals surface area contributed by atoms with E-state index in [4.69, 9.17) is 0 Å². The van der Waals surface area contributed by atoms with Crippen LogP contribution in [0.1, 0.15) is 75.9 Å². The molecule has 1 aromatic rings. The Kier molecular flexibility index (Phi) is 5.07. The predicted molar refractivity (Wildman–Crippen MR) is 99.2 cm³/mol.